The van der Waals surface area contributed by atoms with E-state index >= 15 is 0 Å². The highest BCUT2D eigenvalue weighted by atomic mass is 16.5. The molecule has 0 unspecified atom stereocenters. The van der Waals surface area contributed by atoms with Gasteiger partial charge in [-0.15, -0.1) is 0 Å². The van der Waals surface area contributed by atoms with Crippen LogP contribution in [-0.2, 0) is 31.9 Å². The number of hydrogen-bond acceptors (Lipinski definition) is 4. The Balaban J connectivity index is 2.76. The van der Waals surface area contributed by atoms with Gasteiger partial charge < -0.3 is 9.47 Å². The third-order valence-electron chi connectivity index (χ3n) is 2.83. The predicted octanol–water partition coefficient (Wildman–Crippen LogP) is 2.21. The van der Waals surface area contributed by atoms with Crippen LogP contribution in [0.15, 0.2) is 18.2 Å². The molecule has 0 heterocycles. The molecule has 1 aromatic rings. The van der Waals surface area contributed by atoms with Gasteiger partial charge in [-0.05, 0) is 31.4 Å². The van der Waals surface area contributed by atoms with Crippen LogP contribution in [0.2, 0.25) is 0 Å². The van der Waals surface area contributed by atoms with E-state index in [1.165, 1.54) is 7.11 Å². The number of carbonyl (C=O) groups excluding carboxylic acids is 2. The summed E-state index contributed by atoms with van der Waals surface area (Å²) in [6.07, 6.45) is 1.13. The summed E-state index contributed by atoms with van der Waals surface area (Å²) >= 11 is 0. The Morgan fingerprint density at radius 1 is 1.16 bits per heavy atom. The van der Waals surface area contributed by atoms with Crippen molar-refractivity contribution >= 4 is 11.9 Å². The van der Waals surface area contributed by atoms with E-state index < -0.39 is 0 Å². The van der Waals surface area contributed by atoms with Gasteiger partial charge in [0.2, 0.25) is 0 Å². The SMILES string of the molecule is CCOC(=O)CCc1cc(C)ccc1CC(=O)OC. The van der Waals surface area contributed by atoms with Gasteiger partial charge in [0, 0.05) is 6.42 Å². The molecule has 0 spiro atoms. The molecule has 0 aromatic heterocycles. The molecule has 0 fully saturated rings. The van der Waals surface area contributed by atoms with Gasteiger partial charge in [0.15, 0.2) is 0 Å². The highest BCUT2D eigenvalue weighted by Crippen LogP contribution is 2.15. The lowest BCUT2D eigenvalue weighted by molar-refractivity contribution is -0.143. The summed E-state index contributed by atoms with van der Waals surface area (Å²) in [5, 5.41) is 0. The van der Waals surface area contributed by atoms with E-state index in [-0.39, 0.29) is 18.4 Å². The van der Waals surface area contributed by atoms with Crippen LogP contribution in [-0.4, -0.2) is 25.7 Å². The zero-order chi connectivity index (χ0) is 14.3. The molecule has 0 amide bonds. The zero-order valence-electron chi connectivity index (χ0n) is 11.7. The highest BCUT2D eigenvalue weighted by Gasteiger charge is 2.10. The third-order valence-corrected chi connectivity index (χ3v) is 2.83. The van der Waals surface area contributed by atoms with E-state index in [2.05, 4.69) is 4.74 Å². The molecule has 0 aliphatic rings. The summed E-state index contributed by atoms with van der Waals surface area (Å²) < 4.78 is 9.58. The summed E-state index contributed by atoms with van der Waals surface area (Å²) in [6, 6.07) is 5.86. The summed E-state index contributed by atoms with van der Waals surface area (Å²) in [6.45, 7) is 4.16. The fraction of sp³-hybridized carbons (Fsp3) is 0.467. The van der Waals surface area contributed by atoms with Gasteiger partial charge in [-0.2, -0.15) is 0 Å². The first-order chi connectivity index (χ1) is 9.06. The smallest absolute Gasteiger partial charge is 0.309 e. The van der Waals surface area contributed by atoms with Crippen LogP contribution in [0.4, 0.5) is 0 Å². The molecule has 0 bridgehead atoms. The first-order valence-corrected chi connectivity index (χ1v) is 6.37. The molecule has 0 radical (unpaired) electrons. The molecule has 19 heavy (non-hydrogen) atoms. The second-order valence-corrected chi connectivity index (χ2v) is 4.33. The minimum absolute atomic E-state index is 0.215. The number of methoxy groups -OCH3 is 1. The maximum absolute atomic E-state index is 11.4. The molecular formula is C15H20O4. The minimum Gasteiger partial charge on any atom is -0.469 e. The van der Waals surface area contributed by atoms with E-state index in [0.29, 0.717) is 19.4 Å². The quantitative estimate of drug-likeness (QED) is 0.739. The number of ether oxygens (including phenoxy) is 2. The Hall–Kier alpha value is -1.84. The molecular weight excluding hydrogens is 244 g/mol. The van der Waals surface area contributed by atoms with Gasteiger partial charge in [0.25, 0.3) is 0 Å². The first-order valence-electron chi connectivity index (χ1n) is 6.37. The van der Waals surface area contributed by atoms with Crippen molar-refractivity contribution in [2.24, 2.45) is 0 Å². The molecule has 4 nitrogen and oxygen atoms in total. The number of esters is 2. The maximum Gasteiger partial charge on any atom is 0.309 e. The molecule has 1 rings (SSSR count). The van der Waals surface area contributed by atoms with Gasteiger partial charge in [0.05, 0.1) is 20.1 Å². The average molecular weight is 264 g/mol. The summed E-state index contributed by atoms with van der Waals surface area (Å²) in [5.41, 5.74) is 3.01. The van der Waals surface area contributed by atoms with Crippen molar-refractivity contribution in [2.75, 3.05) is 13.7 Å². The summed E-state index contributed by atoms with van der Waals surface area (Å²) in [4.78, 5) is 22.7. The first kappa shape index (κ1) is 15.2. The van der Waals surface area contributed by atoms with E-state index in [9.17, 15) is 9.59 Å². The molecule has 4 heteroatoms. The van der Waals surface area contributed by atoms with Gasteiger partial charge in [-0.3, -0.25) is 9.59 Å². The number of carbonyl (C=O) groups is 2. The van der Waals surface area contributed by atoms with Crippen LogP contribution in [0.5, 0.6) is 0 Å². The fourth-order valence-electron chi connectivity index (χ4n) is 1.86. The molecule has 0 N–H and O–H groups in total. The van der Waals surface area contributed by atoms with Crippen molar-refractivity contribution in [1.82, 2.24) is 0 Å². The Morgan fingerprint density at radius 2 is 1.89 bits per heavy atom. The van der Waals surface area contributed by atoms with Crippen molar-refractivity contribution in [3.63, 3.8) is 0 Å². The van der Waals surface area contributed by atoms with Crippen LogP contribution in [0.3, 0.4) is 0 Å². The predicted molar refractivity (Wildman–Crippen MR) is 71.9 cm³/mol. The molecule has 0 saturated heterocycles. The van der Waals surface area contributed by atoms with Crippen LogP contribution in [0.1, 0.15) is 30.0 Å². The van der Waals surface area contributed by atoms with Crippen molar-refractivity contribution in [2.45, 2.75) is 33.1 Å². The van der Waals surface area contributed by atoms with Crippen molar-refractivity contribution in [3.8, 4) is 0 Å². The van der Waals surface area contributed by atoms with Gasteiger partial charge in [-0.1, -0.05) is 23.8 Å². The van der Waals surface area contributed by atoms with Crippen molar-refractivity contribution in [1.29, 1.82) is 0 Å². The van der Waals surface area contributed by atoms with E-state index in [1.807, 2.05) is 25.1 Å². The van der Waals surface area contributed by atoms with Gasteiger partial charge >= 0.3 is 11.9 Å². The highest BCUT2D eigenvalue weighted by molar-refractivity contribution is 5.73. The van der Waals surface area contributed by atoms with E-state index in [4.69, 9.17) is 4.74 Å². The summed E-state index contributed by atoms with van der Waals surface area (Å²) in [5.74, 6) is -0.491. The average Bonchev–Trinajstić information content (AvgIpc) is 2.39. The second-order valence-electron chi connectivity index (χ2n) is 4.33. The van der Waals surface area contributed by atoms with Crippen LogP contribution in [0.25, 0.3) is 0 Å². The number of benzene rings is 1. The largest absolute Gasteiger partial charge is 0.469 e. The number of aryl methyl sites for hydroxylation is 2. The molecule has 0 atom stereocenters. The Morgan fingerprint density at radius 3 is 2.53 bits per heavy atom. The second kappa shape index (κ2) is 7.56. The van der Waals surface area contributed by atoms with Crippen molar-refractivity contribution in [3.05, 3.63) is 34.9 Å². The normalized spacial score (nSPS) is 10.1. The molecule has 0 aliphatic carbocycles. The molecule has 0 aliphatic heterocycles. The number of rotatable bonds is 6. The zero-order valence-corrected chi connectivity index (χ0v) is 11.7. The van der Waals surface area contributed by atoms with Crippen molar-refractivity contribution < 1.29 is 19.1 Å². The van der Waals surface area contributed by atoms with Crippen LogP contribution >= 0.6 is 0 Å². The van der Waals surface area contributed by atoms with Gasteiger partial charge in [-0.25, -0.2) is 0 Å². The summed E-state index contributed by atoms with van der Waals surface area (Å²) in [7, 11) is 1.37. The monoisotopic (exact) mass is 264 g/mol. The standard InChI is InChI=1S/C15H20O4/c1-4-19-14(16)8-7-12-9-11(2)5-6-13(12)10-15(17)18-3/h5-6,9H,4,7-8,10H2,1-3H3. The third kappa shape index (κ3) is 5.12. The Labute approximate surface area is 113 Å². The maximum atomic E-state index is 11.4. The Bertz CT molecular complexity index is 451. The lowest BCUT2D eigenvalue weighted by Crippen LogP contribution is -2.09. The molecule has 0 saturated carbocycles. The topological polar surface area (TPSA) is 52.6 Å². The van der Waals surface area contributed by atoms with Crippen LogP contribution < -0.4 is 0 Å². The van der Waals surface area contributed by atoms with E-state index in [1.54, 1.807) is 6.92 Å². The molecule has 104 valence electrons. The van der Waals surface area contributed by atoms with Gasteiger partial charge in [0.1, 0.15) is 0 Å². The minimum atomic E-state index is -0.277. The van der Waals surface area contributed by atoms with Crippen LogP contribution in [0, 0.1) is 6.92 Å². The number of hydrogen-bond donors (Lipinski definition) is 0. The fourth-order valence-corrected chi connectivity index (χ4v) is 1.86. The molecule has 1 aromatic carbocycles. The lowest BCUT2D eigenvalue weighted by atomic mass is 9.98. The lowest BCUT2D eigenvalue weighted by Gasteiger charge is -2.10. The Kier molecular flexibility index (Phi) is 6.06. The van der Waals surface area contributed by atoms with E-state index in [0.717, 1.165) is 16.7 Å².